The van der Waals surface area contributed by atoms with Crippen molar-refractivity contribution in [3.8, 4) is 17.4 Å². The summed E-state index contributed by atoms with van der Waals surface area (Å²) in [6.45, 7) is 6.08. The second kappa shape index (κ2) is 9.95. The van der Waals surface area contributed by atoms with Crippen molar-refractivity contribution in [1.29, 1.82) is 0 Å². The Morgan fingerprint density at radius 2 is 1.91 bits per heavy atom. The molecular weight excluding hydrogens is 418 g/mol. The minimum atomic E-state index is -0.658. The highest BCUT2D eigenvalue weighted by Gasteiger charge is 2.17. The summed E-state index contributed by atoms with van der Waals surface area (Å²) in [6, 6.07) is 16.8. The molecule has 0 saturated heterocycles. The van der Waals surface area contributed by atoms with E-state index < -0.39 is 6.10 Å². The van der Waals surface area contributed by atoms with Crippen molar-refractivity contribution in [1.82, 2.24) is 20.3 Å². The molecule has 0 aliphatic heterocycles. The Hall–Kier alpha value is -4.20. The van der Waals surface area contributed by atoms with Gasteiger partial charge in [-0.2, -0.15) is 0 Å². The van der Waals surface area contributed by atoms with Gasteiger partial charge in [-0.1, -0.05) is 12.1 Å². The van der Waals surface area contributed by atoms with Crippen molar-refractivity contribution in [2.75, 3.05) is 11.9 Å². The summed E-state index contributed by atoms with van der Waals surface area (Å²) in [6.07, 6.45) is 2.52. The number of aromatic nitrogens is 3. The van der Waals surface area contributed by atoms with Gasteiger partial charge in [0.15, 0.2) is 6.10 Å². The Labute approximate surface area is 192 Å². The number of likely N-dealkylation sites (N-methyl/N-ethyl adjacent to an activating group) is 1. The van der Waals surface area contributed by atoms with Crippen LogP contribution in [0.3, 0.4) is 0 Å². The molecule has 8 nitrogen and oxygen atoms in total. The SMILES string of the molecule is CCNC(=O)[C@@H](C)Oc1cccc2ncnc(Nc3ccc(Oc4ccccn4)c(C)c3)c12. The van der Waals surface area contributed by atoms with Crippen molar-refractivity contribution < 1.29 is 14.3 Å². The van der Waals surface area contributed by atoms with Crippen LogP contribution in [0.1, 0.15) is 19.4 Å². The van der Waals surface area contributed by atoms with Gasteiger partial charge in [-0.15, -0.1) is 0 Å². The second-order valence-electron chi connectivity index (χ2n) is 7.40. The van der Waals surface area contributed by atoms with E-state index in [1.807, 2.05) is 68.4 Å². The van der Waals surface area contributed by atoms with Gasteiger partial charge in [-0.05, 0) is 62.7 Å². The normalized spacial score (nSPS) is 11.6. The fourth-order valence-electron chi connectivity index (χ4n) is 3.33. The fraction of sp³-hybridized carbons (Fsp3) is 0.200. The summed E-state index contributed by atoms with van der Waals surface area (Å²) in [5.74, 6) is 2.18. The number of nitrogens with one attached hydrogen (secondary N) is 2. The molecule has 4 aromatic rings. The first-order valence-corrected chi connectivity index (χ1v) is 10.7. The van der Waals surface area contributed by atoms with Gasteiger partial charge in [0.25, 0.3) is 5.91 Å². The fourth-order valence-corrected chi connectivity index (χ4v) is 3.33. The highest BCUT2D eigenvalue weighted by Crippen LogP contribution is 2.33. The van der Waals surface area contributed by atoms with Gasteiger partial charge in [0.05, 0.1) is 10.9 Å². The monoisotopic (exact) mass is 443 g/mol. The summed E-state index contributed by atoms with van der Waals surface area (Å²) >= 11 is 0. The van der Waals surface area contributed by atoms with Crippen LogP contribution in [0.25, 0.3) is 10.9 Å². The van der Waals surface area contributed by atoms with E-state index in [1.165, 1.54) is 6.33 Å². The van der Waals surface area contributed by atoms with Crippen LogP contribution in [-0.2, 0) is 4.79 Å². The predicted octanol–water partition coefficient (Wildman–Crippen LogP) is 4.77. The van der Waals surface area contributed by atoms with Crippen LogP contribution in [0.4, 0.5) is 11.5 Å². The second-order valence-corrected chi connectivity index (χ2v) is 7.40. The Bertz CT molecular complexity index is 1260. The van der Waals surface area contributed by atoms with E-state index in [2.05, 4.69) is 25.6 Å². The molecule has 0 fully saturated rings. The topological polar surface area (TPSA) is 98.3 Å². The van der Waals surface area contributed by atoms with Crippen molar-refractivity contribution >= 4 is 28.3 Å². The zero-order valence-electron chi connectivity index (χ0n) is 18.7. The Morgan fingerprint density at radius 1 is 1.03 bits per heavy atom. The van der Waals surface area contributed by atoms with Gasteiger partial charge < -0.3 is 20.1 Å². The van der Waals surface area contributed by atoms with Crippen molar-refractivity contribution in [2.24, 2.45) is 0 Å². The lowest BCUT2D eigenvalue weighted by molar-refractivity contribution is -0.127. The number of carbonyl (C=O) groups is 1. The number of ether oxygens (including phenoxy) is 2. The quantitative estimate of drug-likeness (QED) is 0.405. The van der Waals surface area contributed by atoms with Gasteiger partial charge in [0, 0.05) is 24.5 Å². The summed E-state index contributed by atoms with van der Waals surface area (Å²) in [4.78, 5) is 25.1. The summed E-state index contributed by atoms with van der Waals surface area (Å²) in [5, 5.41) is 6.81. The highest BCUT2D eigenvalue weighted by atomic mass is 16.5. The first-order valence-electron chi connectivity index (χ1n) is 10.7. The third-order valence-corrected chi connectivity index (χ3v) is 4.94. The third-order valence-electron chi connectivity index (χ3n) is 4.94. The average Bonchev–Trinajstić information content (AvgIpc) is 2.82. The molecule has 0 aliphatic carbocycles. The molecule has 2 N–H and O–H groups in total. The molecule has 1 atom stereocenters. The molecule has 0 radical (unpaired) electrons. The van der Waals surface area contributed by atoms with Gasteiger partial charge in [0.2, 0.25) is 5.88 Å². The molecule has 0 bridgehead atoms. The lowest BCUT2D eigenvalue weighted by Gasteiger charge is -2.17. The number of fused-ring (bicyclic) bond motifs is 1. The van der Waals surface area contributed by atoms with E-state index >= 15 is 0 Å². The van der Waals surface area contributed by atoms with E-state index in [9.17, 15) is 4.79 Å². The lowest BCUT2D eigenvalue weighted by atomic mass is 10.1. The summed E-state index contributed by atoms with van der Waals surface area (Å²) < 4.78 is 11.8. The number of pyridine rings is 1. The average molecular weight is 444 g/mol. The molecule has 2 heterocycles. The van der Waals surface area contributed by atoms with E-state index in [0.29, 0.717) is 40.6 Å². The van der Waals surface area contributed by atoms with E-state index in [-0.39, 0.29) is 5.91 Å². The zero-order valence-corrected chi connectivity index (χ0v) is 18.7. The number of rotatable bonds is 8. The van der Waals surface area contributed by atoms with E-state index in [4.69, 9.17) is 9.47 Å². The maximum absolute atomic E-state index is 12.2. The van der Waals surface area contributed by atoms with Crippen LogP contribution in [0.15, 0.2) is 67.1 Å². The molecule has 0 unspecified atom stereocenters. The Morgan fingerprint density at radius 3 is 2.67 bits per heavy atom. The van der Waals surface area contributed by atoms with Crippen molar-refractivity contribution in [3.05, 3.63) is 72.7 Å². The number of benzene rings is 2. The zero-order chi connectivity index (χ0) is 23.2. The summed E-state index contributed by atoms with van der Waals surface area (Å²) in [5.41, 5.74) is 2.47. The van der Waals surface area contributed by atoms with Gasteiger partial charge in [-0.25, -0.2) is 15.0 Å². The molecule has 0 aliphatic rings. The maximum atomic E-state index is 12.2. The molecular formula is C25H25N5O3. The lowest BCUT2D eigenvalue weighted by Crippen LogP contribution is -2.36. The molecule has 168 valence electrons. The van der Waals surface area contributed by atoms with Crippen LogP contribution in [0, 0.1) is 6.92 Å². The largest absolute Gasteiger partial charge is 0.480 e. The number of nitrogens with zero attached hydrogens (tertiary/aromatic N) is 3. The standard InChI is InChI=1S/C25H25N5O3/c1-4-26-25(31)17(3)32-21-9-7-8-19-23(21)24(29-15-28-19)30-18-11-12-20(16(2)14-18)33-22-10-5-6-13-27-22/h5-15,17H,4H2,1-3H3,(H,26,31)(H,28,29,30)/t17-/m1/s1. The van der Waals surface area contributed by atoms with E-state index in [0.717, 1.165) is 11.3 Å². The molecule has 4 rings (SSSR count). The molecule has 2 aromatic heterocycles. The van der Waals surface area contributed by atoms with Crippen molar-refractivity contribution in [2.45, 2.75) is 26.9 Å². The highest BCUT2D eigenvalue weighted by molar-refractivity contribution is 5.96. The molecule has 33 heavy (non-hydrogen) atoms. The number of hydrogen-bond donors (Lipinski definition) is 2. The number of aryl methyl sites for hydroxylation is 1. The first-order chi connectivity index (χ1) is 16.0. The number of carbonyl (C=O) groups excluding carboxylic acids is 1. The van der Waals surface area contributed by atoms with Gasteiger partial charge in [-0.3, -0.25) is 4.79 Å². The molecule has 2 aromatic carbocycles. The van der Waals surface area contributed by atoms with Crippen LogP contribution in [0.2, 0.25) is 0 Å². The smallest absolute Gasteiger partial charge is 0.260 e. The third kappa shape index (κ3) is 5.17. The van der Waals surface area contributed by atoms with Crippen LogP contribution >= 0.6 is 0 Å². The minimum absolute atomic E-state index is 0.181. The predicted molar refractivity (Wildman–Crippen MR) is 127 cm³/mol. The Kier molecular flexibility index (Phi) is 6.64. The van der Waals surface area contributed by atoms with Crippen LogP contribution in [-0.4, -0.2) is 33.5 Å². The van der Waals surface area contributed by atoms with Crippen molar-refractivity contribution in [3.63, 3.8) is 0 Å². The van der Waals surface area contributed by atoms with E-state index in [1.54, 1.807) is 13.1 Å². The van der Waals surface area contributed by atoms with Gasteiger partial charge >= 0.3 is 0 Å². The molecule has 1 amide bonds. The first kappa shape index (κ1) is 22.0. The molecule has 0 spiro atoms. The number of anilines is 2. The summed E-state index contributed by atoms with van der Waals surface area (Å²) in [7, 11) is 0. The molecule has 8 heteroatoms. The number of amides is 1. The van der Waals surface area contributed by atoms with Crippen LogP contribution in [0.5, 0.6) is 17.4 Å². The van der Waals surface area contributed by atoms with Crippen LogP contribution < -0.4 is 20.1 Å². The minimum Gasteiger partial charge on any atom is -0.480 e. The number of hydrogen-bond acceptors (Lipinski definition) is 7. The maximum Gasteiger partial charge on any atom is 0.260 e. The Balaban J connectivity index is 1.61. The van der Waals surface area contributed by atoms with Gasteiger partial charge in [0.1, 0.15) is 23.6 Å². The molecule has 0 saturated carbocycles.